The monoisotopic (exact) mass is 354 g/mol. The molecule has 0 bridgehead atoms. The van der Waals surface area contributed by atoms with Crippen LogP contribution in [-0.4, -0.2) is 26.5 Å². The third kappa shape index (κ3) is 4.08. The number of ether oxygens (including phenoxy) is 1. The average Bonchev–Trinajstić information content (AvgIpc) is 2.80. The molecular formula is C15H18N2O4S2. The molecule has 1 aromatic heterocycles. The highest BCUT2D eigenvalue weighted by Crippen LogP contribution is 2.27. The molecule has 1 aromatic carbocycles. The van der Waals surface area contributed by atoms with Gasteiger partial charge in [-0.2, -0.15) is 0 Å². The number of nitrogens with zero attached hydrogens (tertiary/aromatic N) is 1. The molecule has 0 aliphatic rings. The molecule has 0 amide bonds. The fourth-order valence-electron chi connectivity index (χ4n) is 2.01. The second-order valence-electron chi connectivity index (χ2n) is 5.15. The van der Waals surface area contributed by atoms with Crippen LogP contribution in [0.5, 0.6) is 0 Å². The molecule has 1 N–H and O–H groups in total. The number of methoxy groups -OCH3 is 1. The van der Waals surface area contributed by atoms with Gasteiger partial charge in [0, 0.05) is 4.88 Å². The smallest absolute Gasteiger partial charge is 0.310 e. The Labute approximate surface area is 139 Å². The summed E-state index contributed by atoms with van der Waals surface area (Å²) in [5.74, 6) is -0.388. The van der Waals surface area contributed by atoms with Crippen molar-refractivity contribution < 1.29 is 17.9 Å². The number of sulfonamides is 1. The molecule has 0 aliphatic carbocycles. The first kappa shape index (κ1) is 17.4. The summed E-state index contributed by atoms with van der Waals surface area (Å²) in [6.45, 7) is 5.30. The van der Waals surface area contributed by atoms with Gasteiger partial charge < -0.3 is 4.74 Å². The maximum Gasteiger partial charge on any atom is 0.310 e. The van der Waals surface area contributed by atoms with E-state index in [2.05, 4.69) is 14.4 Å². The van der Waals surface area contributed by atoms with Crippen LogP contribution in [0.2, 0.25) is 0 Å². The van der Waals surface area contributed by atoms with Crippen molar-refractivity contribution in [2.45, 2.75) is 32.1 Å². The van der Waals surface area contributed by atoms with Crippen molar-refractivity contribution in [3.05, 3.63) is 39.9 Å². The van der Waals surface area contributed by atoms with Gasteiger partial charge in [0.2, 0.25) is 0 Å². The number of carbonyl (C=O) groups excluding carboxylic acids is 1. The molecular weight excluding hydrogens is 336 g/mol. The predicted octanol–water partition coefficient (Wildman–Crippen LogP) is 2.58. The summed E-state index contributed by atoms with van der Waals surface area (Å²) in [5, 5.41) is 0.238. The minimum Gasteiger partial charge on any atom is -0.469 e. The van der Waals surface area contributed by atoms with Gasteiger partial charge in [0.05, 0.1) is 24.1 Å². The van der Waals surface area contributed by atoms with E-state index < -0.39 is 10.0 Å². The SMILES string of the molecule is COC(=O)Cc1sc(NS(=O)(=O)c2cc(C)ccc2C)nc1C. The van der Waals surface area contributed by atoms with Crippen molar-refractivity contribution in [2.75, 3.05) is 11.8 Å². The quantitative estimate of drug-likeness (QED) is 0.834. The molecule has 1 heterocycles. The maximum atomic E-state index is 12.5. The Bertz CT molecular complexity index is 841. The van der Waals surface area contributed by atoms with Gasteiger partial charge in [0.25, 0.3) is 10.0 Å². The van der Waals surface area contributed by atoms with Crippen LogP contribution in [0.25, 0.3) is 0 Å². The lowest BCUT2D eigenvalue weighted by Gasteiger charge is -2.09. The second kappa shape index (κ2) is 6.67. The molecule has 0 fully saturated rings. The lowest BCUT2D eigenvalue weighted by molar-refractivity contribution is -0.139. The Morgan fingerprint density at radius 3 is 2.65 bits per heavy atom. The van der Waals surface area contributed by atoms with Crippen LogP contribution < -0.4 is 4.72 Å². The van der Waals surface area contributed by atoms with Crippen LogP contribution in [0.1, 0.15) is 21.7 Å². The van der Waals surface area contributed by atoms with E-state index in [4.69, 9.17) is 0 Å². The van der Waals surface area contributed by atoms with Gasteiger partial charge in [-0.1, -0.05) is 12.1 Å². The number of hydrogen-bond donors (Lipinski definition) is 1. The summed E-state index contributed by atoms with van der Waals surface area (Å²) < 4.78 is 32.2. The number of carbonyl (C=O) groups is 1. The number of benzene rings is 1. The van der Waals surface area contributed by atoms with Gasteiger partial charge in [-0.3, -0.25) is 9.52 Å². The van der Waals surface area contributed by atoms with Crippen LogP contribution in [-0.2, 0) is 26.0 Å². The summed E-state index contributed by atoms with van der Waals surface area (Å²) in [6, 6.07) is 5.24. The normalized spacial score (nSPS) is 11.3. The topological polar surface area (TPSA) is 85.4 Å². The zero-order valence-electron chi connectivity index (χ0n) is 13.3. The molecule has 0 saturated heterocycles. The minimum atomic E-state index is -3.72. The van der Waals surface area contributed by atoms with E-state index in [1.807, 2.05) is 13.0 Å². The number of hydrogen-bond acceptors (Lipinski definition) is 6. The first-order valence-corrected chi connectivity index (χ1v) is 9.16. The largest absolute Gasteiger partial charge is 0.469 e. The standard InChI is InChI=1S/C15H18N2O4S2/c1-9-5-6-10(2)13(7-9)23(19,20)17-15-16-11(3)12(22-15)8-14(18)21-4/h5-7H,8H2,1-4H3,(H,16,17). The van der Waals surface area contributed by atoms with Gasteiger partial charge >= 0.3 is 5.97 Å². The summed E-state index contributed by atoms with van der Waals surface area (Å²) >= 11 is 1.13. The van der Waals surface area contributed by atoms with Crippen molar-refractivity contribution in [1.29, 1.82) is 0 Å². The van der Waals surface area contributed by atoms with Gasteiger partial charge in [0.1, 0.15) is 0 Å². The van der Waals surface area contributed by atoms with Crippen LogP contribution in [0, 0.1) is 20.8 Å². The predicted molar refractivity (Wildman–Crippen MR) is 89.3 cm³/mol. The third-order valence-electron chi connectivity index (χ3n) is 3.28. The van der Waals surface area contributed by atoms with E-state index in [1.165, 1.54) is 7.11 Å². The molecule has 0 radical (unpaired) electrons. The van der Waals surface area contributed by atoms with Crippen molar-refractivity contribution in [3.8, 4) is 0 Å². The molecule has 8 heteroatoms. The van der Waals surface area contributed by atoms with E-state index >= 15 is 0 Å². The fraction of sp³-hybridized carbons (Fsp3) is 0.333. The van der Waals surface area contributed by atoms with Crippen LogP contribution >= 0.6 is 11.3 Å². The van der Waals surface area contributed by atoms with Crippen LogP contribution in [0.3, 0.4) is 0 Å². The van der Waals surface area contributed by atoms with Crippen molar-refractivity contribution in [3.63, 3.8) is 0 Å². The van der Waals surface area contributed by atoms with Crippen LogP contribution in [0.4, 0.5) is 5.13 Å². The van der Waals surface area contributed by atoms with E-state index in [9.17, 15) is 13.2 Å². The van der Waals surface area contributed by atoms with E-state index in [0.717, 1.165) is 16.9 Å². The Morgan fingerprint density at radius 2 is 2.00 bits per heavy atom. The summed E-state index contributed by atoms with van der Waals surface area (Å²) in [5.41, 5.74) is 2.13. The van der Waals surface area contributed by atoms with E-state index in [-0.39, 0.29) is 22.4 Å². The number of thiazole rings is 1. The summed E-state index contributed by atoms with van der Waals surface area (Å²) in [6.07, 6.45) is 0.0746. The average molecular weight is 354 g/mol. The number of nitrogens with one attached hydrogen (secondary N) is 1. The number of aromatic nitrogens is 1. The highest BCUT2D eigenvalue weighted by molar-refractivity contribution is 7.93. The molecule has 2 rings (SSSR count). The first-order chi connectivity index (χ1) is 10.7. The number of aryl methyl sites for hydroxylation is 3. The number of rotatable bonds is 5. The molecule has 23 heavy (non-hydrogen) atoms. The molecule has 124 valence electrons. The Hall–Kier alpha value is -1.93. The van der Waals surface area contributed by atoms with Gasteiger partial charge in [-0.15, -0.1) is 11.3 Å². The zero-order chi connectivity index (χ0) is 17.2. The molecule has 0 aliphatic heterocycles. The van der Waals surface area contributed by atoms with E-state index in [0.29, 0.717) is 16.1 Å². The molecule has 0 atom stereocenters. The highest BCUT2D eigenvalue weighted by Gasteiger charge is 2.20. The van der Waals surface area contributed by atoms with Crippen molar-refractivity contribution in [2.24, 2.45) is 0 Å². The summed E-state index contributed by atoms with van der Waals surface area (Å²) in [7, 11) is -2.41. The molecule has 0 unspecified atom stereocenters. The van der Waals surface area contributed by atoms with Gasteiger partial charge in [-0.05, 0) is 38.0 Å². The molecule has 6 nitrogen and oxygen atoms in total. The second-order valence-corrected chi connectivity index (χ2v) is 7.89. The molecule has 0 saturated carbocycles. The van der Waals surface area contributed by atoms with Gasteiger partial charge in [0.15, 0.2) is 5.13 Å². The Morgan fingerprint density at radius 1 is 1.30 bits per heavy atom. The summed E-state index contributed by atoms with van der Waals surface area (Å²) in [4.78, 5) is 16.4. The minimum absolute atomic E-state index is 0.0746. The maximum absolute atomic E-state index is 12.5. The Balaban J connectivity index is 2.29. The fourth-order valence-corrected chi connectivity index (χ4v) is 4.52. The van der Waals surface area contributed by atoms with Crippen LogP contribution in [0.15, 0.2) is 23.1 Å². The highest BCUT2D eigenvalue weighted by atomic mass is 32.2. The number of anilines is 1. The molecule has 2 aromatic rings. The van der Waals surface area contributed by atoms with Crippen molar-refractivity contribution in [1.82, 2.24) is 4.98 Å². The lowest BCUT2D eigenvalue weighted by atomic mass is 10.2. The molecule has 0 spiro atoms. The lowest BCUT2D eigenvalue weighted by Crippen LogP contribution is -2.14. The van der Waals surface area contributed by atoms with Gasteiger partial charge in [-0.25, -0.2) is 13.4 Å². The van der Waals surface area contributed by atoms with Crippen molar-refractivity contribution >= 4 is 32.5 Å². The number of esters is 1. The van der Waals surface area contributed by atoms with E-state index in [1.54, 1.807) is 26.0 Å². The first-order valence-electron chi connectivity index (χ1n) is 6.86. The zero-order valence-corrected chi connectivity index (χ0v) is 15.0. The Kier molecular flexibility index (Phi) is 5.06. The third-order valence-corrected chi connectivity index (χ3v) is 5.96.